The number of ether oxygens (including phenoxy) is 10. The molecule has 0 bridgehead atoms. The van der Waals surface area contributed by atoms with Gasteiger partial charge in [0.25, 0.3) is 11.8 Å². The summed E-state index contributed by atoms with van der Waals surface area (Å²) in [5.41, 5.74) is 11.9. The first-order chi connectivity index (χ1) is 64.5. The first kappa shape index (κ1) is 102. The monoisotopic (exact) mass is 1910 g/mol. The first-order valence-corrected chi connectivity index (χ1v) is 45.8. The highest BCUT2D eigenvalue weighted by molar-refractivity contribution is 7.88. The number of thiophene rings is 1. The number of primary amides is 1. The number of imide groups is 1. The van der Waals surface area contributed by atoms with E-state index >= 15 is 0 Å². The van der Waals surface area contributed by atoms with Gasteiger partial charge in [0, 0.05) is 85.6 Å². The Morgan fingerprint density at radius 2 is 1.42 bits per heavy atom. The number of nitrogens with one attached hydrogen (secondary N) is 6. The largest absolute Gasteiger partial charge is 0.496 e. The van der Waals surface area contributed by atoms with Crippen LogP contribution in [0.5, 0.6) is 23.1 Å². The molecule has 44 heteroatoms. The van der Waals surface area contributed by atoms with E-state index in [1.54, 1.807) is 98.7 Å². The maximum atomic E-state index is 14.7. The Morgan fingerprint density at radius 3 is 2.15 bits per heavy atom. The highest BCUT2D eigenvalue weighted by atomic mass is 35.5. The fraction of sp³-hybridized carbons (Fsp3) is 0.411. The first-order valence-electron chi connectivity index (χ1n) is 43.1. The van der Waals surface area contributed by atoms with Crippen LogP contribution in [-0.2, 0) is 112 Å². The molecule has 5 aromatic carbocycles. The molecule has 6 heterocycles. The molecule has 1 fully saturated rings. The molecule has 716 valence electrons. The molecule has 0 radical (unpaired) electrons. The SMILES string of the molecule is COc1ccccc1-c1nccc(COc2ccccc2C[C@@H](Oc2ncnc3sc(-c4ccc(F)cc4)c(-c4ccc(OCCN5CC[N+](C)(Cc6ccc(NC(=O)[C@H](CCCNC(N)=O)NC(=O)[C@@H](NC(=O)CCOCCN7C(=O)C=CC7=O)C(C)C)cc6COCc6cn(CCOC(=O)NS(=O)(=O)NCCOCCOCCOCCC(=O)O)nn6)CC5)c(Cl)c4C)c23)C(=O)O)n1. The van der Waals surface area contributed by atoms with E-state index in [4.69, 9.17) is 74.8 Å². The van der Waals surface area contributed by atoms with Crippen LogP contribution in [0.2, 0.25) is 5.02 Å². The van der Waals surface area contributed by atoms with Crippen molar-refractivity contribution in [3.05, 3.63) is 185 Å². The molecule has 40 nitrogen and oxygen atoms in total. The third kappa shape index (κ3) is 30.6. The van der Waals surface area contributed by atoms with E-state index in [0.717, 1.165) is 22.6 Å². The van der Waals surface area contributed by atoms with E-state index in [1.807, 2.05) is 43.3 Å². The van der Waals surface area contributed by atoms with Crippen LogP contribution >= 0.6 is 22.9 Å². The molecule has 134 heavy (non-hydrogen) atoms. The molecule has 11 rings (SSSR count). The molecule has 4 aromatic heterocycles. The Hall–Kier alpha value is -12.8. The van der Waals surface area contributed by atoms with Crippen molar-refractivity contribution in [1.29, 1.82) is 0 Å². The van der Waals surface area contributed by atoms with Gasteiger partial charge in [-0.1, -0.05) is 85.3 Å². The summed E-state index contributed by atoms with van der Waals surface area (Å²) in [5, 5.41) is 39.6. The maximum absolute atomic E-state index is 14.7. The van der Waals surface area contributed by atoms with Crippen molar-refractivity contribution in [3.63, 3.8) is 0 Å². The second-order valence-electron chi connectivity index (χ2n) is 31.6. The van der Waals surface area contributed by atoms with Gasteiger partial charge in [0.15, 0.2) is 5.82 Å². The average Bonchev–Trinajstić information content (AvgIpc) is 1.58. The summed E-state index contributed by atoms with van der Waals surface area (Å²) in [6.07, 6.45) is 3.82. The Labute approximate surface area is 780 Å². The number of carbonyl (C=O) groups is 9. The van der Waals surface area contributed by atoms with Crippen LogP contribution in [0.3, 0.4) is 0 Å². The molecule has 8 amide bonds. The van der Waals surface area contributed by atoms with Gasteiger partial charge in [-0.3, -0.25) is 38.6 Å². The number of anilines is 1. The number of nitrogens with two attached hydrogens (primary N) is 1. The second-order valence-corrected chi connectivity index (χ2v) is 34.5. The van der Waals surface area contributed by atoms with E-state index in [2.05, 4.69) is 63.2 Å². The third-order valence-electron chi connectivity index (χ3n) is 21.4. The molecule has 9 aromatic rings. The topological polar surface area (TPSA) is 507 Å². The standard InChI is InChI=1S/C90H107ClFN17O23S2/c1-57(2)81(102-74(110)27-39-124-42-36-108-75(111)24-25-76(108)112)85(116)101-69(13-10-29-95-89(93)119)84(115)100-64-21-18-61(62(49-64)53-128-54-66-51-107(105-103-66)35-44-130-90(120)104-134(121,122)98-31-41-126-46-48-127-47-45-125-40-28-77(113)114)52-109(4)37-32-106(33-38-109)34-43-129-72-23-22-67(58(3)80(72)91)78-79-86(96-56-97-87(79)133-82(78)59-16-19-63(92)20-17-59)132-73(88(117)118)50-60-11-6-8-14-70(60)131-55-65-26-30-94-83(99-65)68-12-7-9-15-71(68)123-5/h6-9,11-12,14-26,30,49,51,56-57,69,73,81,98H,10,13,27-29,31-48,50,52-55H2,1-5H3,(H8-,93,95,100,101,102,104,110,113,114,115,116,117,118,119,120)/p+1/t69-,73+,81-/m0/s1. The van der Waals surface area contributed by atoms with Crippen molar-refractivity contribution in [3.8, 4) is 56.1 Å². The van der Waals surface area contributed by atoms with E-state index in [-0.39, 0.29) is 150 Å². The van der Waals surface area contributed by atoms with Crippen molar-refractivity contribution in [2.45, 2.75) is 104 Å². The van der Waals surface area contributed by atoms with E-state index in [1.165, 1.54) is 34.5 Å². The second kappa shape index (κ2) is 50.3. The van der Waals surface area contributed by atoms with Gasteiger partial charge >= 0.3 is 34.3 Å². The maximum Gasteiger partial charge on any atom is 0.421 e. The number of hydrogen-bond acceptors (Lipinski definition) is 29. The molecule has 0 saturated carbocycles. The van der Waals surface area contributed by atoms with Crippen molar-refractivity contribution in [2.75, 3.05) is 138 Å². The van der Waals surface area contributed by atoms with Gasteiger partial charge in [0.1, 0.15) is 78.4 Å². The van der Waals surface area contributed by atoms with Crippen molar-refractivity contribution in [1.82, 2.24) is 70.1 Å². The van der Waals surface area contributed by atoms with Crippen LogP contribution in [0.4, 0.5) is 19.7 Å². The Balaban J connectivity index is 0.733. The van der Waals surface area contributed by atoms with E-state index in [9.17, 15) is 61.1 Å². The summed E-state index contributed by atoms with van der Waals surface area (Å²) in [6.45, 7) is 9.32. The summed E-state index contributed by atoms with van der Waals surface area (Å²) >= 11 is 8.63. The number of hydrogen-bond donors (Lipinski definition) is 9. The lowest BCUT2D eigenvalue weighted by Crippen LogP contribution is -2.57. The Bertz CT molecular complexity index is 5690. The number of urea groups is 1. The number of carboxylic acids is 2. The zero-order valence-electron chi connectivity index (χ0n) is 74.5. The summed E-state index contributed by atoms with van der Waals surface area (Å²) in [6, 6.07) is 28.0. The highest BCUT2D eigenvalue weighted by Gasteiger charge is 2.35. The number of aromatic nitrogens is 7. The number of methoxy groups -OCH3 is 1. The minimum atomic E-state index is -4.33. The molecule has 0 unspecified atom stereocenters. The lowest BCUT2D eigenvalue weighted by Gasteiger charge is -2.42. The minimum Gasteiger partial charge on any atom is -0.496 e. The predicted octanol–water partition coefficient (Wildman–Crippen LogP) is 7.32. The van der Waals surface area contributed by atoms with Crippen LogP contribution in [0.25, 0.3) is 43.2 Å². The van der Waals surface area contributed by atoms with Gasteiger partial charge in [0.2, 0.25) is 29.7 Å². The molecule has 2 aliphatic heterocycles. The molecule has 0 spiro atoms. The van der Waals surface area contributed by atoms with Gasteiger partial charge in [-0.05, 0) is 108 Å². The number of piperazine rings is 1. The zero-order valence-corrected chi connectivity index (χ0v) is 76.9. The molecule has 3 atom stereocenters. The number of quaternary nitrogens is 1. The summed E-state index contributed by atoms with van der Waals surface area (Å²) in [5.74, 6) is -4.10. The zero-order chi connectivity index (χ0) is 95.7. The number of para-hydroxylation sites is 2. The van der Waals surface area contributed by atoms with E-state index < -0.39 is 93.7 Å². The number of halogens is 2. The third-order valence-corrected chi connectivity index (χ3v) is 24.1. The fourth-order valence-corrected chi connectivity index (χ4v) is 16.4. The number of amides is 8. The number of carboxylic acid groups (broad SMARTS) is 2. The van der Waals surface area contributed by atoms with Crippen LogP contribution in [0.1, 0.15) is 73.2 Å². The Morgan fingerprint density at radius 1 is 0.701 bits per heavy atom. The molecule has 10 N–H and O–H groups in total. The van der Waals surface area contributed by atoms with Crippen LogP contribution in [-0.4, -0.2) is 272 Å². The van der Waals surface area contributed by atoms with Gasteiger partial charge in [-0.25, -0.2) is 48.1 Å². The van der Waals surface area contributed by atoms with Gasteiger partial charge in [0.05, 0.1) is 141 Å². The number of rotatable bonds is 55. The lowest BCUT2D eigenvalue weighted by molar-refractivity contribution is -0.926. The van der Waals surface area contributed by atoms with Crippen molar-refractivity contribution >= 4 is 103 Å². The number of aliphatic carboxylic acids is 2. The number of benzene rings is 5. The molecular formula is C90H108ClFN17O23S2+. The number of fused-ring (bicyclic) bond motifs is 1. The Kier molecular flexibility index (Phi) is 38.2. The molecule has 0 aliphatic carbocycles. The van der Waals surface area contributed by atoms with Crippen LogP contribution < -0.4 is 55.4 Å². The smallest absolute Gasteiger partial charge is 0.421 e. The lowest BCUT2D eigenvalue weighted by atomic mass is 9.96. The summed E-state index contributed by atoms with van der Waals surface area (Å²) in [4.78, 5) is 137. The summed E-state index contributed by atoms with van der Waals surface area (Å²) < 4.78 is 103. The molecule has 1 saturated heterocycles. The van der Waals surface area contributed by atoms with Crippen LogP contribution in [0, 0.1) is 18.7 Å². The van der Waals surface area contributed by atoms with E-state index in [0.29, 0.717) is 143 Å². The number of carbonyl (C=O) groups excluding carboxylic acids is 7. The quantitative estimate of drug-likeness (QED) is 0.0102. The number of likely N-dealkylation sites (N-methyl/N-ethyl adjacent to an activating group) is 1. The highest BCUT2D eigenvalue weighted by Crippen LogP contribution is 2.50. The molecular weight excluding hydrogens is 1810 g/mol. The van der Waals surface area contributed by atoms with Crippen molar-refractivity contribution < 1.29 is 118 Å². The number of nitrogens with zero attached hydrogens (tertiary/aromatic N) is 10. The van der Waals surface area contributed by atoms with Crippen LogP contribution in [0.15, 0.2) is 140 Å². The summed E-state index contributed by atoms with van der Waals surface area (Å²) in [7, 11) is -0.625. The predicted molar refractivity (Wildman–Crippen MR) is 487 cm³/mol. The minimum absolute atomic E-state index is 0.0136. The normalized spacial score (nSPS) is 13.9. The van der Waals surface area contributed by atoms with Crippen molar-refractivity contribution in [2.24, 2.45) is 11.7 Å². The average molecular weight is 1910 g/mol. The van der Waals surface area contributed by atoms with Gasteiger partial charge < -0.3 is 89.1 Å². The molecule has 2 aliphatic rings. The van der Waals surface area contributed by atoms with Gasteiger partial charge in [-0.15, -0.1) is 16.4 Å². The van der Waals surface area contributed by atoms with Gasteiger partial charge in [-0.2, -0.15) is 13.1 Å². The fourth-order valence-electron chi connectivity index (χ4n) is 14.3.